The lowest BCUT2D eigenvalue weighted by molar-refractivity contribution is -0.133. The highest BCUT2D eigenvalue weighted by molar-refractivity contribution is 6.31. The van der Waals surface area contributed by atoms with Gasteiger partial charge in [0.25, 0.3) is 17.7 Å². The fraction of sp³-hybridized carbons (Fsp3) is 0.167. The summed E-state index contributed by atoms with van der Waals surface area (Å²) in [5.74, 6) is -1.56. The Morgan fingerprint density at radius 1 is 1.08 bits per heavy atom. The average Bonchev–Trinajstić information content (AvgIpc) is 2.85. The Hall–Kier alpha value is -3.15. The van der Waals surface area contributed by atoms with Crippen LogP contribution >= 0.6 is 0 Å². The van der Waals surface area contributed by atoms with E-state index in [9.17, 15) is 14.4 Å². The van der Waals surface area contributed by atoms with Crippen LogP contribution < -0.4 is 10.5 Å². The molecule has 1 aliphatic heterocycles. The molecule has 2 aromatic carbocycles. The number of nitrogens with zero attached hydrogens (tertiary/aromatic N) is 1. The van der Waals surface area contributed by atoms with Crippen molar-refractivity contribution in [1.82, 2.24) is 4.90 Å². The summed E-state index contributed by atoms with van der Waals surface area (Å²) in [6.07, 6.45) is -0.618. The van der Waals surface area contributed by atoms with Crippen LogP contribution in [0, 0.1) is 0 Å². The minimum atomic E-state index is -0.934. The molecule has 24 heavy (non-hydrogen) atoms. The Balaban J connectivity index is 1.88. The quantitative estimate of drug-likeness (QED) is 0.688. The molecule has 1 aliphatic rings. The SMILES string of the molecule is CCC(Oc1ccccc1)C(=O)N1C(=O)c2cccc(N)c2C1=O. The molecule has 0 saturated heterocycles. The third-order valence-corrected chi connectivity index (χ3v) is 3.84. The monoisotopic (exact) mass is 324 g/mol. The molecule has 0 bridgehead atoms. The van der Waals surface area contributed by atoms with E-state index in [0.717, 1.165) is 0 Å². The van der Waals surface area contributed by atoms with E-state index in [2.05, 4.69) is 0 Å². The molecule has 3 amide bonds. The third kappa shape index (κ3) is 2.52. The highest BCUT2D eigenvalue weighted by Gasteiger charge is 2.43. The van der Waals surface area contributed by atoms with Gasteiger partial charge >= 0.3 is 0 Å². The van der Waals surface area contributed by atoms with Crippen molar-refractivity contribution in [3.05, 3.63) is 59.7 Å². The number of amides is 3. The number of carbonyl (C=O) groups excluding carboxylic acids is 3. The van der Waals surface area contributed by atoms with Gasteiger partial charge in [-0.1, -0.05) is 31.2 Å². The highest BCUT2D eigenvalue weighted by atomic mass is 16.5. The molecular formula is C18H16N2O4. The number of nitrogen functional groups attached to an aromatic ring is 1. The summed E-state index contributed by atoms with van der Waals surface area (Å²) in [6.45, 7) is 1.75. The van der Waals surface area contributed by atoms with Crippen LogP contribution in [0.3, 0.4) is 0 Å². The molecule has 1 heterocycles. The topological polar surface area (TPSA) is 89.7 Å². The van der Waals surface area contributed by atoms with Crippen molar-refractivity contribution >= 4 is 23.4 Å². The molecule has 0 saturated carbocycles. The van der Waals surface area contributed by atoms with Crippen LogP contribution in [0.5, 0.6) is 5.75 Å². The van der Waals surface area contributed by atoms with E-state index < -0.39 is 23.8 Å². The number of hydrogen-bond acceptors (Lipinski definition) is 5. The minimum Gasteiger partial charge on any atom is -0.481 e. The Kier molecular flexibility index (Phi) is 4.04. The first-order valence-electron chi connectivity index (χ1n) is 7.57. The summed E-state index contributed by atoms with van der Waals surface area (Å²) in [6, 6.07) is 13.4. The Labute approximate surface area is 138 Å². The highest BCUT2D eigenvalue weighted by Crippen LogP contribution is 2.28. The number of imide groups is 3. The molecule has 1 atom stereocenters. The molecule has 6 heteroatoms. The second kappa shape index (κ2) is 6.16. The number of rotatable bonds is 4. The van der Waals surface area contributed by atoms with Crippen molar-refractivity contribution in [3.63, 3.8) is 0 Å². The Morgan fingerprint density at radius 2 is 1.79 bits per heavy atom. The maximum atomic E-state index is 12.7. The van der Waals surface area contributed by atoms with Crippen molar-refractivity contribution in [3.8, 4) is 5.75 Å². The zero-order chi connectivity index (χ0) is 17.3. The summed E-state index contributed by atoms with van der Waals surface area (Å²) in [5.41, 5.74) is 6.17. The van der Waals surface area contributed by atoms with E-state index >= 15 is 0 Å². The van der Waals surface area contributed by atoms with Gasteiger partial charge in [0.1, 0.15) is 5.75 Å². The predicted octanol–water partition coefficient (Wildman–Crippen LogP) is 2.25. The number of anilines is 1. The van der Waals surface area contributed by atoms with Crippen LogP contribution in [0.1, 0.15) is 34.1 Å². The summed E-state index contributed by atoms with van der Waals surface area (Å²) < 4.78 is 5.64. The maximum Gasteiger partial charge on any atom is 0.277 e. The van der Waals surface area contributed by atoms with E-state index in [1.807, 2.05) is 6.07 Å². The van der Waals surface area contributed by atoms with Crippen LogP contribution in [0.2, 0.25) is 0 Å². The maximum absolute atomic E-state index is 12.7. The summed E-state index contributed by atoms with van der Waals surface area (Å²) in [5, 5.41) is 0. The van der Waals surface area contributed by atoms with Crippen LogP contribution in [-0.2, 0) is 4.79 Å². The molecule has 1 unspecified atom stereocenters. The first-order valence-corrected chi connectivity index (χ1v) is 7.57. The van der Waals surface area contributed by atoms with Crippen LogP contribution in [0.25, 0.3) is 0 Å². The smallest absolute Gasteiger partial charge is 0.277 e. The minimum absolute atomic E-state index is 0.0745. The molecule has 2 aromatic rings. The van der Waals surface area contributed by atoms with Crippen molar-refractivity contribution in [1.29, 1.82) is 0 Å². The number of hydrogen-bond donors (Lipinski definition) is 1. The van der Waals surface area contributed by atoms with Gasteiger partial charge in [0, 0.05) is 5.69 Å². The summed E-state index contributed by atoms with van der Waals surface area (Å²) in [7, 11) is 0. The van der Waals surface area contributed by atoms with Crippen LogP contribution in [0.4, 0.5) is 5.69 Å². The lowest BCUT2D eigenvalue weighted by Crippen LogP contribution is -2.44. The largest absolute Gasteiger partial charge is 0.481 e. The van der Waals surface area contributed by atoms with Crippen LogP contribution in [-0.4, -0.2) is 28.7 Å². The van der Waals surface area contributed by atoms with E-state index in [0.29, 0.717) is 17.1 Å². The fourth-order valence-corrected chi connectivity index (χ4v) is 2.63. The molecule has 0 radical (unpaired) electrons. The molecule has 122 valence electrons. The average molecular weight is 324 g/mol. The van der Waals surface area contributed by atoms with Gasteiger partial charge in [0.15, 0.2) is 6.10 Å². The molecule has 6 nitrogen and oxygen atoms in total. The molecule has 0 aromatic heterocycles. The third-order valence-electron chi connectivity index (χ3n) is 3.84. The van der Waals surface area contributed by atoms with Crippen LogP contribution in [0.15, 0.2) is 48.5 Å². The van der Waals surface area contributed by atoms with Gasteiger partial charge in [-0.15, -0.1) is 0 Å². The van der Waals surface area contributed by atoms with E-state index in [4.69, 9.17) is 10.5 Å². The zero-order valence-electron chi connectivity index (χ0n) is 13.1. The Bertz CT molecular complexity index is 817. The van der Waals surface area contributed by atoms with Crippen molar-refractivity contribution in [2.75, 3.05) is 5.73 Å². The van der Waals surface area contributed by atoms with Crippen molar-refractivity contribution in [2.45, 2.75) is 19.4 Å². The first kappa shape index (κ1) is 15.7. The molecule has 0 spiro atoms. The Morgan fingerprint density at radius 3 is 2.42 bits per heavy atom. The van der Waals surface area contributed by atoms with Gasteiger partial charge in [0.2, 0.25) is 0 Å². The fourth-order valence-electron chi connectivity index (χ4n) is 2.63. The van der Waals surface area contributed by atoms with Gasteiger partial charge in [-0.3, -0.25) is 14.4 Å². The van der Waals surface area contributed by atoms with Gasteiger partial charge in [-0.25, -0.2) is 4.90 Å². The number of para-hydroxylation sites is 1. The lowest BCUT2D eigenvalue weighted by atomic mass is 10.1. The zero-order valence-corrected chi connectivity index (χ0v) is 13.1. The first-order chi connectivity index (χ1) is 11.5. The lowest BCUT2D eigenvalue weighted by Gasteiger charge is -2.20. The standard InChI is InChI=1S/C18H16N2O4/c1-2-14(24-11-7-4-3-5-8-11)17(22)20-16(21)12-9-6-10-13(19)15(12)18(20)23/h3-10,14H,2,19H2,1H3. The predicted molar refractivity (Wildman–Crippen MR) is 87.5 cm³/mol. The number of carbonyl (C=O) groups is 3. The van der Waals surface area contributed by atoms with E-state index in [-0.39, 0.29) is 16.8 Å². The second-order valence-electron chi connectivity index (χ2n) is 5.38. The molecule has 2 N–H and O–H groups in total. The molecule has 0 aliphatic carbocycles. The van der Waals surface area contributed by atoms with Crippen molar-refractivity contribution < 1.29 is 19.1 Å². The summed E-state index contributed by atoms with van der Waals surface area (Å²) in [4.78, 5) is 38.3. The number of fused-ring (bicyclic) bond motifs is 1. The van der Waals surface area contributed by atoms with Gasteiger partial charge in [0.05, 0.1) is 11.1 Å². The van der Waals surface area contributed by atoms with Gasteiger partial charge in [-0.05, 0) is 30.7 Å². The van der Waals surface area contributed by atoms with Crippen molar-refractivity contribution in [2.24, 2.45) is 0 Å². The molecule has 0 fully saturated rings. The van der Waals surface area contributed by atoms with Gasteiger partial charge < -0.3 is 10.5 Å². The molecule has 3 rings (SSSR count). The number of ether oxygens (including phenoxy) is 1. The van der Waals surface area contributed by atoms with E-state index in [1.54, 1.807) is 37.3 Å². The molecular weight excluding hydrogens is 308 g/mol. The normalized spacial score (nSPS) is 14.5. The number of nitrogens with two attached hydrogens (primary N) is 1. The van der Waals surface area contributed by atoms with Gasteiger partial charge in [-0.2, -0.15) is 0 Å². The number of benzene rings is 2. The second-order valence-corrected chi connectivity index (χ2v) is 5.38. The summed E-state index contributed by atoms with van der Waals surface area (Å²) >= 11 is 0. The van der Waals surface area contributed by atoms with E-state index in [1.165, 1.54) is 12.1 Å².